The Bertz CT molecular complexity index is 3270. The molecule has 2 nitrogen and oxygen atoms in total. The topological polar surface area (TPSA) is 18.1 Å². The zero-order valence-corrected chi connectivity index (χ0v) is 27.4. The maximum atomic E-state index is 6.57. The van der Waals surface area contributed by atoms with Crippen LogP contribution in [0.3, 0.4) is 0 Å². The first-order valence-electron chi connectivity index (χ1n) is 17.8. The molecule has 0 saturated heterocycles. The van der Waals surface area contributed by atoms with E-state index in [4.69, 9.17) is 4.42 Å². The van der Waals surface area contributed by atoms with Gasteiger partial charge < -0.3 is 8.98 Å². The lowest BCUT2D eigenvalue weighted by atomic mass is 9.70. The van der Waals surface area contributed by atoms with Crippen LogP contribution in [0.5, 0.6) is 0 Å². The first-order valence-corrected chi connectivity index (χ1v) is 17.8. The van der Waals surface area contributed by atoms with Gasteiger partial charge in [0.05, 0.1) is 22.1 Å². The van der Waals surface area contributed by atoms with Crippen molar-refractivity contribution in [3.63, 3.8) is 0 Å². The van der Waals surface area contributed by atoms with Gasteiger partial charge in [-0.25, -0.2) is 0 Å². The molecule has 11 aromatic rings. The van der Waals surface area contributed by atoms with Crippen LogP contribution in [0, 0.1) is 0 Å². The number of fused-ring (bicyclic) bond motifs is 17. The Balaban J connectivity index is 1.27. The average molecular weight is 646 g/mol. The van der Waals surface area contributed by atoms with Gasteiger partial charge in [-0.2, -0.15) is 0 Å². The lowest BCUT2D eigenvalue weighted by Gasteiger charge is -2.30. The van der Waals surface area contributed by atoms with Crippen molar-refractivity contribution in [2.45, 2.75) is 5.41 Å². The van der Waals surface area contributed by atoms with Crippen LogP contribution in [0.25, 0.3) is 93.2 Å². The van der Waals surface area contributed by atoms with E-state index in [1.165, 1.54) is 104 Å². The van der Waals surface area contributed by atoms with Crippen molar-refractivity contribution < 1.29 is 4.42 Å². The summed E-state index contributed by atoms with van der Waals surface area (Å²) in [5.41, 5.74) is 15.8. The number of para-hydroxylation sites is 1. The summed E-state index contributed by atoms with van der Waals surface area (Å²) in [5.74, 6) is 0. The molecule has 0 fully saturated rings. The van der Waals surface area contributed by atoms with Crippen molar-refractivity contribution in [1.29, 1.82) is 0 Å². The van der Waals surface area contributed by atoms with Crippen LogP contribution >= 0.6 is 0 Å². The van der Waals surface area contributed by atoms with Crippen LogP contribution in [0.15, 0.2) is 168 Å². The van der Waals surface area contributed by atoms with Gasteiger partial charge in [0.1, 0.15) is 11.2 Å². The quantitative estimate of drug-likeness (QED) is 0.163. The average Bonchev–Trinajstić information content (AvgIpc) is 3.91. The van der Waals surface area contributed by atoms with Crippen molar-refractivity contribution in [3.05, 3.63) is 186 Å². The maximum Gasteiger partial charge on any atom is 0.136 e. The predicted octanol–water partition coefficient (Wildman–Crippen LogP) is 12.8. The van der Waals surface area contributed by atoms with Crippen molar-refractivity contribution in [1.82, 2.24) is 4.57 Å². The first-order chi connectivity index (χ1) is 25.3. The standard InChI is InChI=1S/C49H27NO/c1-2-16-32-28(12-1)33-18-11-23-42-46(33)47-43(51-42)27-26-41(45(32)47)50-40-22-10-6-15-31(40)34-24-25-39-44(48(34)50)35-17-5-9-21-38(35)49(39)36-19-7-3-13-29(36)30-14-4-8-20-37(30)49/h1-27H. The van der Waals surface area contributed by atoms with Gasteiger partial charge in [0.2, 0.25) is 0 Å². The third-order valence-corrected chi connectivity index (χ3v) is 12.2. The summed E-state index contributed by atoms with van der Waals surface area (Å²) >= 11 is 0. The van der Waals surface area contributed by atoms with Gasteiger partial charge in [-0.3, -0.25) is 0 Å². The molecule has 13 rings (SSSR count). The number of benzene rings is 9. The van der Waals surface area contributed by atoms with E-state index in [1.54, 1.807) is 0 Å². The molecule has 0 bridgehead atoms. The number of rotatable bonds is 1. The highest BCUT2D eigenvalue weighted by molar-refractivity contribution is 6.35. The minimum Gasteiger partial charge on any atom is -0.456 e. The molecule has 234 valence electrons. The van der Waals surface area contributed by atoms with Crippen molar-refractivity contribution in [2.75, 3.05) is 0 Å². The van der Waals surface area contributed by atoms with E-state index in [0.717, 1.165) is 11.2 Å². The number of hydrogen-bond donors (Lipinski definition) is 0. The SMILES string of the molecule is c1ccc2c(c1)-c1ccccc1C21c2ccccc2-c2c1ccc1c3ccccc3n(-c3ccc4oc5cccc6c7ccccc7c3c4c56)c21. The highest BCUT2D eigenvalue weighted by atomic mass is 16.3. The van der Waals surface area contributed by atoms with Crippen LogP contribution < -0.4 is 0 Å². The lowest BCUT2D eigenvalue weighted by molar-refractivity contribution is 0.669. The number of hydrogen-bond acceptors (Lipinski definition) is 1. The van der Waals surface area contributed by atoms with Crippen LogP contribution in [-0.2, 0) is 5.41 Å². The Hall–Kier alpha value is -6.64. The summed E-state index contributed by atoms with van der Waals surface area (Å²) in [6.07, 6.45) is 0. The Morgan fingerprint density at radius 3 is 1.75 bits per heavy atom. The molecule has 51 heavy (non-hydrogen) atoms. The van der Waals surface area contributed by atoms with Crippen LogP contribution in [0.2, 0.25) is 0 Å². The van der Waals surface area contributed by atoms with Gasteiger partial charge in [-0.05, 0) is 79.4 Å². The lowest BCUT2D eigenvalue weighted by Crippen LogP contribution is -2.25. The molecule has 0 unspecified atom stereocenters. The molecule has 0 atom stereocenters. The Morgan fingerprint density at radius 1 is 0.373 bits per heavy atom. The number of nitrogens with zero attached hydrogens (tertiary/aromatic N) is 1. The minimum atomic E-state index is -0.408. The monoisotopic (exact) mass is 645 g/mol. The fourth-order valence-electron chi connectivity index (χ4n) is 10.4. The van der Waals surface area contributed by atoms with Crippen molar-refractivity contribution >= 4 is 65.3 Å². The molecule has 1 spiro atoms. The molecule has 0 radical (unpaired) electrons. The largest absolute Gasteiger partial charge is 0.456 e. The van der Waals surface area contributed by atoms with Gasteiger partial charge >= 0.3 is 0 Å². The van der Waals surface area contributed by atoms with Gasteiger partial charge in [0.15, 0.2) is 0 Å². The van der Waals surface area contributed by atoms with E-state index in [-0.39, 0.29) is 0 Å². The maximum absolute atomic E-state index is 6.57. The molecule has 0 N–H and O–H groups in total. The molecule has 2 aromatic heterocycles. The Labute approximate surface area is 292 Å². The molecule has 9 aromatic carbocycles. The van der Waals surface area contributed by atoms with Gasteiger partial charge in [-0.1, -0.05) is 140 Å². The van der Waals surface area contributed by atoms with Crippen LogP contribution in [0.1, 0.15) is 22.3 Å². The second-order valence-corrected chi connectivity index (χ2v) is 14.3. The Kier molecular flexibility index (Phi) is 4.60. The molecular weight excluding hydrogens is 619 g/mol. The smallest absolute Gasteiger partial charge is 0.136 e. The molecule has 0 saturated carbocycles. The van der Waals surface area contributed by atoms with E-state index >= 15 is 0 Å². The van der Waals surface area contributed by atoms with Crippen LogP contribution in [0.4, 0.5) is 0 Å². The zero-order valence-electron chi connectivity index (χ0n) is 27.4. The van der Waals surface area contributed by atoms with E-state index in [0.29, 0.717) is 0 Å². The fourth-order valence-corrected chi connectivity index (χ4v) is 10.4. The zero-order chi connectivity index (χ0) is 33.0. The van der Waals surface area contributed by atoms with Gasteiger partial charge in [-0.15, -0.1) is 0 Å². The summed E-state index contributed by atoms with van der Waals surface area (Å²) in [6.45, 7) is 0. The van der Waals surface area contributed by atoms with Gasteiger partial charge in [0.25, 0.3) is 0 Å². The van der Waals surface area contributed by atoms with E-state index in [1.807, 2.05) is 0 Å². The third kappa shape index (κ3) is 2.88. The second-order valence-electron chi connectivity index (χ2n) is 14.3. The minimum absolute atomic E-state index is 0.408. The van der Waals surface area contributed by atoms with E-state index in [2.05, 4.69) is 168 Å². The molecule has 2 heteroatoms. The molecule has 2 aliphatic rings. The van der Waals surface area contributed by atoms with Crippen LogP contribution in [-0.4, -0.2) is 4.57 Å². The fraction of sp³-hybridized carbons (Fsp3) is 0.0204. The molecule has 2 aliphatic carbocycles. The summed E-state index contributed by atoms with van der Waals surface area (Å²) in [7, 11) is 0. The highest BCUT2D eigenvalue weighted by Gasteiger charge is 2.52. The molecule has 0 aliphatic heterocycles. The third-order valence-electron chi connectivity index (χ3n) is 12.2. The summed E-state index contributed by atoms with van der Waals surface area (Å²) in [4.78, 5) is 0. The Morgan fingerprint density at radius 2 is 0.961 bits per heavy atom. The molecule has 0 amide bonds. The van der Waals surface area contributed by atoms with Gasteiger partial charge in [0, 0.05) is 32.5 Å². The van der Waals surface area contributed by atoms with E-state index in [9.17, 15) is 0 Å². The van der Waals surface area contributed by atoms with Crippen molar-refractivity contribution in [2.24, 2.45) is 0 Å². The second kappa shape index (κ2) is 8.93. The van der Waals surface area contributed by atoms with Crippen molar-refractivity contribution in [3.8, 4) is 27.9 Å². The normalized spacial score (nSPS) is 14.0. The first kappa shape index (κ1) is 26.3. The number of aromatic nitrogens is 1. The van der Waals surface area contributed by atoms with E-state index < -0.39 is 5.41 Å². The number of furan rings is 1. The molecule has 2 heterocycles. The summed E-state index contributed by atoms with van der Waals surface area (Å²) in [5, 5.41) is 9.90. The predicted molar refractivity (Wildman–Crippen MR) is 211 cm³/mol. The summed E-state index contributed by atoms with van der Waals surface area (Å²) in [6, 6.07) is 60.9. The highest BCUT2D eigenvalue weighted by Crippen LogP contribution is 2.64. The summed E-state index contributed by atoms with van der Waals surface area (Å²) < 4.78 is 9.15. The molecular formula is C49H27NO.